The average Bonchev–Trinajstić information content (AvgIpc) is 2.44. The van der Waals surface area contributed by atoms with E-state index in [1.165, 1.54) is 0 Å². The highest BCUT2D eigenvalue weighted by atomic mass is 35.5. The molecule has 0 aliphatic heterocycles. The van der Waals surface area contributed by atoms with Crippen LogP contribution in [-0.2, 0) is 0 Å². The standard InChI is InChI=1S/C16H18F3NO.ClH/c1-2-21-14-8-7-11-5-3-4-6-12(11)15(14)13(20)9-10-16(17,18)19;/h3-8,13H,2,9-10,20H2,1H3;1H/t13-;/m0./s1. The van der Waals surface area contributed by atoms with Gasteiger partial charge in [0.15, 0.2) is 0 Å². The molecule has 22 heavy (non-hydrogen) atoms. The summed E-state index contributed by atoms with van der Waals surface area (Å²) < 4.78 is 42.8. The predicted octanol–water partition coefficient (Wildman–Crippen LogP) is 5.00. The monoisotopic (exact) mass is 333 g/mol. The van der Waals surface area contributed by atoms with Crippen LogP contribution in [0.5, 0.6) is 5.75 Å². The number of fused-ring (bicyclic) bond motifs is 1. The highest BCUT2D eigenvalue weighted by Gasteiger charge is 2.29. The fraction of sp³-hybridized carbons (Fsp3) is 0.375. The van der Waals surface area contributed by atoms with E-state index in [1.807, 2.05) is 37.3 Å². The van der Waals surface area contributed by atoms with Crippen LogP contribution in [0.2, 0.25) is 0 Å². The summed E-state index contributed by atoms with van der Waals surface area (Å²) in [4.78, 5) is 0. The fourth-order valence-electron chi connectivity index (χ4n) is 2.40. The normalized spacial score (nSPS) is 12.8. The third kappa shape index (κ3) is 4.52. The van der Waals surface area contributed by atoms with Gasteiger partial charge in [-0.2, -0.15) is 13.2 Å². The Morgan fingerprint density at radius 1 is 1.14 bits per heavy atom. The second kappa shape index (κ2) is 7.70. The van der Waals surface area contributed by atoms with Gasteiger partial charge in [-0.25, -0.2) is 0 Å². The van der Waals surface area contributed by atoms with Crippen LogP contribution < -0.4 is 10.5 Å². The highest BCUT2D eigenvalue weighted by molar-refractivity contribution is 5.88. The maximum Gasteiger partial charge on any atom is 0.389 e. The topological polar surface area (TPSA) is 35.2 Å². The Bertz CT molecular complexity index is 616. The van der Waals surface area contributed by atoms with Crippen LogP contribution in [0, 0.1) is 0 Å². The molecule has 0 spiro atoms. The maximum atomic E-state index is 12.4. The molecule has 122 valence electrons. The van der Waals surface area contributed by atoms with Crippen molar-refractivity contribution in [2.75, 3.05) is 6.61 Å². The highest BCUT2D eigenvalue weighted by Crippen LogP contribution is 2.35. The van der Waals surface area contributed by atoms with Crippen LogP contribution in [0.15, 0.2) is 36.4 Å². The number of alkyl halides is 3. The number of ether oxygens (including phenoxy) is 1. The van der Waals surface area contributed by atoms with Crippen LogP contribution in [0.4, 0.5) is 13.2 Å². The first-order chi connectivity index (χ1) is 9.92. The Kier molecular flexibility index (Phi) is 6.50. The van der Waals surface area contributed by atoms with Crippen LogP contribution in [0.3, 0.4) is 0 Å². The molecule has 0 amide bonds. The molecule has 2 N–H and O–H groups in total. The molecule has 0 saturated carbocycles. The Balaban J connectivity index is 0.00000242. The van der Waals surface area contributed by atoms with Crippen LogP contribution in [-0.4, -0.2) is 12.8 Å². The van der Waals surface area contributed by atoms with E-state index in [2.05, 4.69) is 0 Å². The van der Waals surface area contributed by atoms with Gasteiger partial charge < -0.3 is 10.5 Å². The van der Waals surface area contributed by atoms with E-state index < -0.39 is 18.6 Å². The van der Waals surface area contributed by atoms with E-state index in [0.29, 0.717) is 17.9 Å². The summed E-state index contributed by atoms with van der Waals surface area (Å²) in [6.07, 6.45) is -5.26. The number of hydrogen-bond donors (Lipinski definition) is 1. The number of rotatable bonds is 5. The van der Waals surface area contributed by atoms with Crippen molar-refractivity contribution in [3.05, 3.63) is 42.0 Å². The molecule has 0 bridgehead atoms. The minimum atomic E-state index is -4.20. The Hall–Kier alpha value is -1.46. The van der Waals surface area contributed by atoms with Crippen molar-refractivity contribution in [2.45, 2.75) is 32.0 Å². The number of nitrogens with two attached hydrogens (primary N) is 1. The molecule has 0 aromatic heterocycles. The summed E-state index contributed by atoms with van der Waals surface area (Å²) in [6.45, 7) is 2.28. The molecule has 2 rings (SSSR count). The van der Waals surface area contributed by atoms with E-state index in [9.17, 15) is 13.2 Å². The molecule has 0 fully saturated rings. The van der Waals surface area contributed by atoms with Crippen LogP contribution >= 0.6 is 12.4 Å². The molecule has 2 aromatic carbocycles. The van der Waals surface area contributed by atoms with E-state index in [-0.39, 0.29) is 18.8 Å². The smallest absolute Gasteiger partial charge is 0.389 e. The molecule has 0 heterocycles. The van der Waals surface area contributed by atoms with Gasteiger partial charge in [0.1, 0.15) is 5.75 Å². The molecule has 6 heteroatoms. The molecule has 0 radical (unpaired) electrons. The molecule has 2 nitrogen and oxygen atoms in total. The summed E-state index contributed by atoms with van der Waals surface area (Å²) in [5.74, 6) is 0.561. The van der Waals surface area contributed by atoms with Gasteiger partial charge in [0, 0.05) is 18.0 Å². The summed E-state index contributed by atoms with van der Waals surface area (Å²) >= 11 is 0. The second-order valence-electron chi connectivity index (χ2n) is 4.89. The van der Waals surface area contributed by atoms with E-state index >= 15 is 0 Å². The number of hydrogen-bond acceptors (Lipinski definition) is 2. The van der Waals surface area contributed by atoms with Crippen molar-refractivity contribution in [3.8, 4) is 5.75 Å². The van der Waals surface area contributed by atoms with Crippen molar-refractivity contribution in [2.24, 2.45) is 5.73 Å². The zero-order chi connectivity index (χ0) is 15.5. The third-order valence-corrected chi connectivity index (χ3v) is 3.34. The van der Waals surface area contributed by atoms with Gasteiger partial charge in [-0.3, -0.25) is 0 Å². The van der Waals surface area contributed by atoms with E-state index in [1.54, 1.807) is 6.07 Å². The molecule has 0 saturated heterocycles. The van der Waals surface area contributed by atoms with Crippen molar-refractivity contribution < 1.29 is 17.9 Å². The molecule has 0 aliphatic carbocycles. The van der Waals surface area contributed by atoms with E-state index in [0.717, 1.165) is 10.8 Å². The van der Waals surface area contributed by atoms with Crippen LogP contribution in [0.1, 0.15) is 31.4 Å². The first kappa shape index (κ1) is 18.6. The van der Waals surface area contributed by atoms with Gasteiger partial charge in [0.05, 0.1) is 6.61 Å². The third-order valence-electron chi connectivity index (χ3n) is 3.34. The summed E-state index contributed by atoms with van der Waals surface area (Å²) in [6, 6.07) is 10.5. The van der Waals surface area contributed by atoms with Gasteiger partial charge in [-0.05, 0) is 30.2 Å². The zero-order valence-corrected chi connectivity index (χ0v) is 13.0. The number of halogens is 4. The zero-order valence-electron chi connectivity index (χ0n) is 12.2. The molecule has 2 aromatic rings. The molecular formula is C16H19ClF3NO. The van der Waals surface area contributed by atoms with Crippen molar-refractivity contribution in [1.82, 2.24) is 0 Å². The van der Waals surface area contributed by atoms with Gasteiger partial charge >= 0.3 is 6.18 Å². The second-order valence-corrected chi connectivity index (χ2v) is 4.89. The molecule has 0 unspecified atom stereocenters. The largest absolute Gasteiger partial charge is 0.494 e. The van der Waals surface area contributed by atoms with Gasteiger partial charge in [-0.1, -0.05) is 30.3 Å². The first-order valence-electron chi connectivity index (χ1n) is 6.89. The van der Waals surface area contributed by atoms with Crippen molar-refractivity contribution in [3.63, 3.8) is 0 Å². The maximum absolute atomic E-state index is 12.4. The van der Waals surface area contributed by atoms with E-state index in [4.69, 9.17) is 10.5 Å². The average molecular weight is 334 g/mol. The summed E-state index contributed by atoms with van der Waals surface area (Å²) in [5.41, 5.74) is 6.67. The van der Waals surface area contributed by atoms with Gasteiger partial charge in [0.25, 0.3) is 0 Å². The van der Waals surface area contributed by atoms with Gasteiger partial charge in [0.2, 0.25) is 0 Å². The Morgan fingerprint density at radius 2 is 1.82 bits per heavy atom. The fourth-order valence-corrected chi connectivity index (χ4v) is 2.40. The van der Waals surface area contributed by atoms with Crippen LogP contribution in [0.25, 0.3) is 10.8 Å². The molecule has 0 aliphatic rings. The Labute approximate surface area is 133 Å². The lowest BCUT2D eigenvalue weighted by molar-refractivity contribution is -0.136. The van der Waals surface area contributed by atoms with Crippen molar-refractivity contribution in [1.29, 1.82) is 0 Å². The molecule has 1 atom stereocenters. The van der Waals surface area contributed by atoms with Crippen molar-refractivity contribution >= 4 is 23.2 Å². The minimum absolute atomic E-state index is 0. The minimum Gasteiger partial charge on any atom is -0.494 e. The Morgan fingerprint density at radius 3 is 2.45 bits per heavy atom. The van der Waals surface area contributed by atoms with Gasteiger partial charge in [-0.15, -0.1) is 12.4 Å². The lowest BCUT2D eigenvalue weighted by Crippen LogP contribution is -2.17. The lowest BCUT2D eigenvalue weighted by Gasteiger charge is -2.19. The molecular weight excluding hydrogens is 315 g/mol. The predicted molar refractivity (Wildman–Crippen MR) is 84.6 cm³/mol. The summed E-state index contributed by atoms with van der Waals surface area (Å²) in [5, 5.41) is 1.79. The first-order valence-corrected chi connectivity index (χ1v) is 6.89. The summed E-state index contributed by atoms with van der Waals surface area (Å²) in [7, 11) is 0. The SMILES string of the molecule is CCOc1ccc2ccccc2c1[C@@H](N)CCC(F)(F)F.Cl. The quantitative estimate of drug-likeness (QED) is 0.835. The number of benzene rings is 2. The lowest BCUT2D eigenvalue weighted by atomic mass is 9.95.